The maximum Gasteiger partial charge on any atom is 0.115 e. The fourth-order valence-corrected chi connectivity index (χ4v) is 2.34. The van der Waals surface area contributed by atoms with Crippen molar-refractivity contribution in [3.05, 3.63) is 58.1 Å². The molecule has 1 atom stereocenters. The molecule has 2 nitrogen and oxygen atoms in total. The minimum absolute atomic E-state index is 0.278. The molecule has 106 valence electrons. The lowest BCUT2D eigenvalue weighted by Crippen LogP contribution is -2.16. The van der Waals surface area contributed by atoms with Crippen LogP contribution in [0.1, 0.15) is 18.9 Å². The average molecular weight is 310 g/mol. The first kappa shape index (κ1) is 15.0. The van der Waals surface area contributed by atoms with Gasteiger partial charge in [-0.2, -0.15) is 0 Å². The van der Waals surface area contributed by atoms with Crippen LogP contribution in [0.15, 0.2) is 42.5 Å². The lowest BCUT2D eigenvalue weighted by atomic mass is 10.1. The Hall–Kier alpha value is -1.38. The van der Waals surface area contributed by atoms with Crippen LogP contribution in [0.4, 0.5) is 5.69 Å². The van der Waals surface area contributed by atoms with Gasteiger partial charge >= 0.3 is 0 Å². The zero-order chi connectivity index (χ0) is 14.5. The summed E-state index contributed by atoms with van der Waals surface area (Å²) in [6.07, 6.45) is 1.90. The van der Waals surface area contributed by atoms with Crippen LogP contribution in [0.5, 0.6) is 5.75 Å². The molecule has 20 heavy (non-hydrogen) atoms. The second kappa shape index (κ2) is 6.87. The molecule has 0 fully saturated rings. The summed E-state index contributed by atoms with van der Waals surface area (Å²) >= 11 is 12.1. The second-order valence-corrected chi connectivity index (χ2v) is 5.72. The highest BCUT2D eigenvalue weighted by atomic mass is 35.5. The van der Waals surface area contributed by atoms with Crippen LogP contribution in [-0.4, -0.2) is 11.1 Å². The molecule has 4 heteroatoms. The second-order valence-electron chi connectivity index (χ2n) is 4.87. The van der Waals surface area contributed by atoms with Crippen LogP contribution < -0.4 is 5.32 Å². The standard InChI is InChI=1S/C16H17Cl2NO/c1-11(2-3-12-4-7-14(20)8-5-12)19-16-10-13(17)6-9-15(16)18/h4-11,19-20H,2-3H2,1H3. The highest BCUT2D eigenvalue weighted by molar-refractivity contribution is 6.35. The molecule has 0 saturated carbocycles. The minimum Gasteiger partial charge on any atom is -0.508 e. The Balaban J connectivity index is 1.90. The van der Waals surface area contributed by atoms with Crippen molar-refractivity contribution in [2.75, 3.05) is 5.32 Å². The zero-order valence-corrected chi connectivity index (χ0v) is 12.7. The molecule has 0 aliphatic heterocycles. The van der Waals surface area contributed by atoms with Crippen LogP contribution >= 0.6 is 23.2 Å². The van der Waals surface area contributed by atoms with Crippen LogP contribution in [-0.2, 0) is 6.42 Å². The topological polar surface area (TPSA) is 32.3 Å². The number of nitrogens with one attached hydrogen (secondary N) is 1. The van der Waals surface area contributed by atoms with Gasteiger partial charge < -0.3 is 10.4 Å². The number of aryl methyl sites for hydroxylation is 1. The third-order valence-electron chi connectivity index (χ3n) is 3.13. The fraction of sp³-hybridized carbons (Fsp3) is 0.250. The number of aromatic hydroxyl groups is 1. The van der Waals surface area contributed by atoms with Crippen molar-refractivity contribution in [3.63, 3.8) is 0 Å². The summed E-state index contributed by atoms with van der Waals surface area (Å²) < 4.78 is 0. The van der Waals surface area contributed by atoms with Gasteiger partial charge in [-0.3, -0.25) is 0 Å². The molecule has 2 aromatic carbocycles. The van der Waals surface area contributed by atoms with Gasteiger partial charge in [0.1, 0.15) is 5.75 Å². The maximum absolute atomic E-state index is 9.25. The third-order valence-corrected chi connectivity index (χ3v) is 3.70. The Bertz CT molecular complexity index is 569. The van der Waals surface area contributed by atoms with E-state index in [1.54, 1.807) is 24.3 Å². The third kappa shape index (κ3) is 4.32. The lowest BCUT2D eigenvalue weighted by Gasteiger charge is -2.16. The minimum atomic E-state index is 0.278. The van der Waals surface area contributed by atoms with Gasteiger partial charge in [0, 0.05) is 11.1 Å². The molecule has 0 aliphatic rings. The smallest absolute Gasteiger partial charge is 0.115 e. The van der Waals surface area contributed by atoms with Gasteiger partial charge in [-0.1, -0.05) is 35.3 Å². The first-order valence-electron chi connectivity index (χ1n) is 6.54. The van der Waals surface area contributed by atoms with Gasteiger partial charge in [0.15, 0.2) is 0 Å². The highest BCUT2D eigenvalue weighted by Gasteiger charge is 2.06. The van der Waals surface area contributed by atoms with Crippen LogP contribution in [0.3, 0.4) is 0 Å². The van der Waals surface area contributed by atoms with E-state index in [1.165, 1.54) is 5.56 Å². The Morgan fingerprint density at radius 2 is 1.80 bits per heavy atom. The molecular formula is C16H17Cl2NO. The maximum atomic E-state index is 9.25. The predicted octanol–water partition coefficient (Wildman–Crippen LogP) is 5.13. The first-order chi connectivity index (χ1) is 9.54. The van der Waals surface area contributed by atoms with E-state index < -0.39 is 0 Å². The molecule has 0 aromatic heterocycles. The molecule has 0 amide bonds. The van der Waals surface area contributed by atoms with E-state index in [1.807, 2.05) is 18.2 Å². The average Bonchev–Trinajstić information content (AvgIpc) is 2.42. The van der Waals surface area contributed by atoms with E-state index in [2.05, 4.69) is 12.2 Å². The van der Waals surface area contributed by atoms with Crippen LogP contribution in [0.2, 0.25) is 10.0 Å². The number of benzene rings is 2. The molecule has 0 bridgehead atoms. The summed E-state index contributed by atoms with van der Waals surface area (Å²) in [6, 6.07) is 13.0. The van der Waals surface area contributed by atoms with Crippen molar-refractivity contribution in [1.29, 1.82) is 0 Å². The van der Waals surface area contributed by atoms with Crippen molar-refractivity contribution < 1.29 is 5.11 Å². The Morgan fingerprint density at radius 1 is 1.10 bits per heavy atom. The number of phenolic OH excluding ortho intramolecular Hbond substituents is 1. The largest absolute Gasteiger partial charge is 0.508 e. The van der Waals surface area contributed by atoms with Crippen molar-refractivity contribution in [2.45, 2.75) is 25.8 Å². The van der Waals surface area contributed by atoms with E-state index in [4.69, 9.17) is 23.2 Å². The van der Waals surface area contributed by atoms with Crippen molar-refractivity contribution in [1.82, 2.24) is 0 Å². The SMILES string of the molecule is CC(CCc1ccc(O)cc1)Nc1cc(Cl)ccc1Cl. The Kier molecular flexibility index (Phi) is 5.16. The van der Waals surface area contributed by atoms with Crippen LogP contribution in [0.25, 0.3) is 0 Å². The molecule has 1 unspecified atom stereocenters. The molecule has 2 N–H and O–H groups in total. The molecule has 0 aliphatic carbocycles. The summed E-state index contributed by atoms with van der Waals surface area (Å²) in [4.78, 5) is 0. The van der Waals surface area contributed by atoms with Crippen molar-refractivity contribution in [2.24, 2.45) is 0 Å². The molecular weight excluding hydrogens is 293 g/mol. The normalized spacial score (nSPS) is 12.2. The summed E-state index contributed by atoms with van der Waals surface area (Å²) in [5.74, 6) is 0.297. The number of hydrogen-bond acceptors (Lipinski definition) is 2. The van der Waals surface area contributed by atoms with Gasteiger partial charge in [0.25, 0.3) is 0 Å². The number of anilines is 1. The lowest BCUT2D eigenvalue weighted by molar-refractivity contribution is 0.475. The van der Waals surface area contributed by atoms with Gasteiger partial charge in [-0.25, -0.2) is 0 Å². The number of hydrogen-bond donors (Lipinski definition) is 2. The summed E-state index contributed by atoms with van der Waals surface area (Å²) in [5.41, 5.74) is 2.06. The molecule has 2 aromatic rings. The van der Waals surface area contributed by atoms with Gasteiger partial charge in [-0.15, -0.1) is 0 Å². The molecule has 2 rings (SSSR count). The molecule has 0 heterocycles. The summed E-state index contributed by atoms with van der Waals surface area (Å²) in [7, 11) is 0. The van der Waals surface area contributed by atoms with E-state index in [9.17, 15) is 5.11 Å². The number of halogens is 2. The zero-order valence-electron chi connectivity index (χ0n) is 11.2. The van der Waals surface area contributed by atoms with Gasteiger partial charge in [-0.05, 0) is 55.7 Å². The Labute approximate surface area is 129 Å². The van der Waals surface area contributed by atoms with E-state index >= 15 is 0 Å². The highest BCUT2D eigenvalue weighted by Crippen LogP contribution is 2.26. The van der Waals surface area contributed by atoms with Crippen molar-refractivity contribution >= 4 is 28.9 Å². The molecule has 0 saturated heterocycles. The predicted molar refractivity (Wildman–Crippen MR) is 86.0 cm³/mol. The summed E-state index contributed by atoms with van der Waals surface area (Å²) in [6.45, 7) is 2.11. The van der Waals surface area contributed by atoms with E-state index in [0.717, 1.165) is 18.5 Å². The number of rotatable bonds is 5. The van der Waals surface area contributed by atoms with Crippen molar-refractivity contribution in [3.8, 4) is 5.75 Å². The van der Waals surface area contributed by atoms with Crippen LogP contribution in [0, 0.1) is 0 Å². The molecule has 0 spiro atoms. The number of phenols is 1. The quantitative estimate of drug-likeness (QED) is 0.802. The van der Waals surface area contributed by atoms with Gasteiger partial charge in [0.05, 0.1) is 10.7 Å². The summed E-state index contributed by atoms with van der Waals surface area (Å²) in [5, 5.41) is 14.0. The molecule has 0 radical (unpaired) electrons. The van der Waals surface area contributed by atoms with E-state index in [0.29, 0.717) is 15.8 Å². The monoisotopic (exact) mass is 309 g/mol. The first-order valence-corrected chi connectivity index (χ1v) is 7.29. The Morgan fingerprint density at radius 3 is 2.50 bits per heavy atom. The van der Waals surface area contributed by atoms with Gasteiger partial charge in [0.2, 0.25) is 0 Å². The fourth-order valence-electron chi connectivity index (χ4n) is 1.99. The van der Waals surface area contributed by atoms with E-state index in [-0.39, 0.29) is 6.04 Å².